The lowest BCUT2D eigenvalue weighted by Gasteiger charge is -2.09. The molecule has 1 aliphatic carbocycles. The van der Waals surface area contributed by atoms with Crippen LogP contribution in [0.25, 0.3) is 0 Å². The van der Waals surface area contributed by atoms with Gasteiger partial charge in [0.05, 0.1) is 11.8 Å². The highest BCUT2D eigenvalue weighted by molar-refractivity contribution is 5.88. The largest absolute Gasteiger partial charge is 0.481 e. The molecule has 1 aliphatic rings. The normalized spacial score (nSPS) is 29.7. The monoisotopic (exact) mass is 186 g/mol. The molecule has 2 unspecified atom stereocenters. The number of aliphatic carboxylic acids is 2. The minimum absolute atomic E-state index is 0.488. The van der Waals surface area contributed by atoms with Crippen molar-refractivity contribution in [3.63, 3.8) is 0 Å². The van der Waals surface area contributed by atoms with Crippen LogP contribution in [0.4, 0.5) is 0 Å². The van der Waals surface area contributed by atoms with Gasteiger partial charge < -0.3 is 10.2 Å². The van der Waals surface area contributed by atoms with Crippen LogP contribution in [0.3, 0.4) is 0 Å². The zero-order chi connectivity index (χ0) is 10.2. The summed E-state index contributed by atoms with van der Waals surface area (Å²) in [6.45, 7) is 3.70. The lowest BCUT2D eigenvalue weighted by Crippen LogP contribution is -2.08. The summed E-state index contributed by atoms with van der Waals surface area (Å²) in [5, 5.41) is 17.6. The molecular weight excluding hydrogens is 172 g/mol. The van der Waals surface area contributed by atoms with Gasteiger partial charge in [0.15, 0.2) is 0 Å². The third-order valence-corrected chi connectivity index (χ3v) is 3.31. The average molecular weight is 186 g/mol. The van der Waals surface area contributed by atoms with Gasteiger partial charge in [-0.25, -0.2) is 0 Å². The van der Waals surface area contributed by atoms with Crippen molar-refractivity contribution in [1.29, 1.82) is 0 Å². The number of carboxylic acids is 2. The number of carboxylic acid groups (broad SMARTS) is 2. The molecule has 0 aliphatic heterocycles. The van der Waals surface area contributed by atoms with Gasteiger partial charge in [-0.15, -0.1) is 0 Å². The van der Waals surface area contributed by atoms with Crippen LogP contribution in [0.15, 0.2) is 0 Å². The average Bonchev–Trinajstić information content (AvgIpc) is 2.74. The molecule has 0 amide bonds. The van der Waals surface area contributed by atoms with Gasteiger partial charge in [-0.1, -0.05) is 13.8 Å². The molecule has 0 heterocycles. The Labute approximate surface area is 76.6 Å². The second kappa shape index (κ2) is 3.01. The first-order chi connectivity index (χ1) is 6.01. The molecule has 0 radical (unpaired) electrons. The molecule has 74 valence electrons. The van der Waals surface area contributed by atoms with E-state index in [2.05, 4.69) is 0 Å². The molecule has 0 aromatic carbocycles. The summed E-state index contributed by atoms with van der Waals surface area (Å²) in [5.74, 6) is -3.31. The predicted octanol–water partition coefficient (Wildman–Crippen LogP) is 1.21. The quantitative estimate of drug-likeness (QED) is 0.692. The molecule has 1 rings (SSSR count). The van der Waals surface area contributed by atoms with E-state index in [-0.39, 0.29) is 0 Å². The Morgan fingerprint density at radius 1 is 1.08 bits per heavy atom. The Bertz CT molecular complexity index is 220. The Morgan fingerprint density at radius 3 is 1.46 bits per heavy atom. The van der Waals surface area contributed by atoms with Gasteiger partial charge in [-0.2, -0.15) is 0 Å². The van der Waals surface area contributed by atoms with Gasteiger partial charge in [0.2, 0.25) is 0 Å². The van der Waals surface area contributed by atoms with E-state index in [0.717, 1.165) is 0 Å². The number of carbonyl (C=O) groups is 2. The molecular formula is C9H14O4. The molecule has 0 spiro atoms. The first-order valence-corrected chi connectivity index (χ1v) is 4.46. The summed E-state index contributed by atoms with van der Waals surface area (Å²) < 4.78 is 0. The van der Waals surface area contributed by atoms with Crippen molar-refractivity contribution >= 4 is 11.9 Å². The fourth-order valence-electron chi connectivity index (χ4n) is 2.40. The third-order valence-electron chi connectivity index (χ3n) is 3.31. The third kappa shape index (κ3) is 1.20. The molecule has 2 atom stereocenters. The summed E-state index contributed by atoms with van der Waals surface area (Å²) in [6.07, 6.45) is 1.24. The lowest BCUT2D eigenvalue weighted by molar-refractivity contribution is -0.144. The van der Waals surface area contributed by atoms with Crippen molar-refractivity contribution in [1.82, 2.24) is 0 Å². The Kier molecular flexibility index (Phi) is 2.32. The van der Waals surface area contributed by atoms with Crippen molar-refractivity contribution in [3.05, 3.63) is 0 Å². The zero-order valence-corrected chi connectivity index (χ0v) is 7.78. The highest BCUT2D eigenvalue weighted by Crippen LogP contribution is 2.63. The number of hydrogen-bond acceptors (Lipinski definition) is 2. The van der Waals surface area contributed by atoms with Crippen LogP contribution in [0.2, 0.25) is 0 Å². The molecule has 1 fully saturated rings. The first kappa shape index (κ1) is 10.0. The van der Waals surface area contributed by atoms with Crippen LogP contribution < -0.4 is 0 Å². The van der Waals surface area contributed by atoms with E-state index in [0.29, 0.717) is 12.8 Å². The van der Waals surface area contributed by atoms with Crippen molar-refractivity contribution in [3.8, 4) is 0 Å². The minimum atomic E-state index is -0.976. The van der Waals surface area contributed by atoms with Crippen LogP contribution in [0, 0.1) is 17.3 Å². The van der Waals surface area contributed by atoms with Crippen molar-refractivity contribution in [2.45, 2.75) is 26.7 Å². The minimum Gasteiger partial charge on any atom is -0.481 e. The highest BCUT2D eigenvalue weighted by Gasteiger charge is 2.69. The standard InChI is InChI=1S/C9H14O4/c1-3-9(4-2)5(7(10)11)6(9)8(12)13/h5-6H,3-4H2,1-2H3,(H,10,11)(H,12,13). The first-order valence-electron chi connectivity index (χ1n) is 4.46. The van der Waals surface area contributed by atoms with E-state index in [9.17, 15) is 9.59 Å². The van der Waals surface area contributed by atoms with E-state index in [1.54, 1.807) is 0 Å². The second-order valence-corrected chi connectivity index (χ2v) is 3.57. The summed E-state index contributed by atoms with van der Waals surface area (Å²) >= 11 is 0. The number of rotatable bonds is 4. The Morgan fingerprint density at radius 2 is 1.38 bits per heavy atom. The van der Waals surface area contributed by atoms with Crippen LogP contribution in [-0.2, 0) is 9.59 Å². The van der Waals surface area contributed by atoms with Crippen molar-refractivity contribution in [2.24, 2.45) is 17.3 Å². The molecule has 0 aromatic rings. The molecule has 0 bridgehead atoms. The molecule has 4 nitrogen and oxygen atoms in total. The zero-order valence-electron chi connectivity index (χ0n) is 7.78. The van der Waals surface area contributed by atoms with E-state index in [1.807, 2.05) is 13.8 Å². The van der Waals surface area contributed by atoms with Crippen LogP contribution in [0.1, 0.15) is 26.7 Å². The van der Waals surface area contributed by atoms with E-state index in [4.69, 9.17) is 10.2 Å². The van der Waals surface area contributed by atoms with Gasteiger partial charge >= 0.3 is 11.9 Å². The van der Waals surface area contributed by atoms with E-state index < -0.39 is 29.2 Å². The van der Waals surface area contributed by atoms with E-state index in [1.165, 1.54) is 0 Å². The highest BCUT2D eigenvalue weighted by atomic mass is 16.4. The number of hydrogen-bond donors (Lipinski definition) is 2. The fourth-order valence-corrected chi connectivity index (χ4v) is 2.40. The summed E-state index contributed by atoms with van der Waals surface area (Å²) in [6, 6.07) is 0. The molecule has 2 N–H and O–H groups in total. The second-order valence-electron chi connectivity index (χ2n) is 3.57. The van der Waals surface area contributed by atoms with Crippen LogP contribution in [-0.4, -0.2) is 22.2 Å². The Hall–Kier alpha value is -1.06. The topological polar surface area (TPSA) is 74.6 Å². The molecule has 4 heteroatoms. The van der Waals surface area contributed by atoms with E-state index >= 15 is 0 Å². The fraction of sp³-hybridized carbons (Fsp3) is 0.778. The predicted molar refractivity (Wildman–Crippen MR) is 45.3 cm³/mol. The van der Waals surface area contributed by atoms with Crippen molar-refractivity contribution in [2.75, 3.05) is 0 Å². The molecule has 0 saturated heterocycles. The lowest BCUT2D eigenvalue weighted by atomic mass is 9.95. The van der Waals surface area contributed by atoms with Gasteiger partial charge in [0, 0.05) is 0 Å². The molecule has 1 saturated carbocycles. The summed E-state index contributed by atoms with van der Waals surface area (Å²) in [5.41, 5.74) is -0.488. The SMILES string of the molecule is CCC1(CC)C(C(=O)O)C1C(=O)O. The molecule has 0 aromatic heterocycles. The van der Waals surface area contributed by atoms with Gasteiger partial charge in [-0.05, 0) is 18.3 Å². The molecule has 13 heavy (non-hydrogen) atoms. The maximum atomic E-state index is 10.7. The van der Waals surface area contributed by atoms with Gasteiger partial charge in [-0.3, -0.25) is 9.59 Å². The Balaban J connectivity index is 2.88. The summed E-state index contributed by atoms with van der Waals surface area (Å²) in [4.78, 5) is 21.5. The van der Waals surface area contributed by atoms with Gasteiger partial charge in [0.1, 0.15) is 0 Å². The maximum absolute atomic E-state index is 10.7. The maximum Gasteiger partial charge on any atom is 0.307 e. The smallest absolute Gasteiger partial charge is 0.307 e. The summed E-state index contributed by atoms with van der Waals surface area (Å²) in [7, 11) is 0. The van der Waals surface area contributed by atoms with Crippen LogP contribution in [0.5, 0.6) is 0 Å². The van der Waals surface area contributed by atoms with Crippen LogP contribution >= 0.6 is 0 Å². The van der Waals surface area contributed by atoms with Crippen molar-refractivity contribution < 1.29 is 19.8 Å². The van der Waals surface area contributed by atoms with Gasteiger partial charge in [0.25, 0.3) is 0 Å².